The second-order valence-electron chi connectivity index (χ2n) is 10.3. The van der Waals surface area contributed by atoms with E-state index in [9.17, 15) is 4.79 Å². The molecule has 1 amide bonds. The lowest BCUT2D eigenvalue weighted by Gasteiger charge is -2.41. The number of pyridine rings is 1. The Hall–Kier alpha value is -2.02. The van der Waals surface area contributed by atoms with Crippen LogP contribution in [0.3, 0.4) is 0 Å². The first-order chi connectivity index (χ1) is 15.6. The quantitative estimate of drug-likeness (QED) is 0.780. The lowest BCUT2D eigenvalue weighted by molar-refractivity contribution is -0.118. The predicted octanol–water partition coefficient (Wildman–Crippen LogP) is 4.12. The third-order valence-corrected chi connectivity index (χ3v) is 8.46. The third-order valence-electron chi connectivity index (χ3n) is 8.46. The smallest absolute Gasteiger partial charge is 0.229 e. The molecule has 32 heavy (non-hydrogen) atoms. The molecular formula is C26H35N3O3. The summed E-state index contributed by atoms with van der Waals surface area (Å²) in [5, 5.41) is 5.41. The molecule has 1 aromatic heterocycles. The molecule has 1 N–H and O–H groups in total. The van der Waals surface area contributed by atoms with E-state index in [0.717, 1.165) is 64.2 Å². The molecule has 6 heteroatoms. The topological polar surface area (TPSA) is 63.7 Å². The van der Waals surface area contributed by atoms with E-state index in [0.29, 0.717) is 17.8 Å². The van der Waals surface area contributed by atoms with Crippen LogP contribution in [0.15, 0.2) is 24.4 Å². The highest BCUT2D eigenvalue weighted by Gasteiger charge is 2.58. The van der Waals surface area contributed by atoms with Gasteiger partial charge in [-0.15, -0.1) is 0 Å². The number of aromatic nitrogens is 1. The monoisotopic (exact) mass is 437 g/mol. The molecular weight excluding hydrogens is 402 g/mol. The van der Waals surface area contributed by atoms with E-state index >= 15 is 0 Å². The number of benzene rings is 1. The minimum absolute atomic E-state index is 0. The summed E-state index contributed by atoms with van der Waals surface area (Å²) >= 11 is 0. The molecule has 6 rings (SSSR count). The third kappa shape index (κ3) is 3.72. The molecule has 6 nitrogen and oxygen atoms in total. The molecule has 1 aromatic carbocycles. The zero-order valence-electron chi connectivity index (χ0n) is 18.9. The van der Waals surface area contributed by atoms with E-state index in [1.807, 2.05) is 6.20 Å². The highest BCUT2D eigenvalue weighted by atomic mass is 16.5. The van der Waals surface area contributed by atoms with E-state index in [2.05, 4.69) is 40.3 Å². The second kappa shape index (κ2) is 8.08. The van der Waals surface area contributed by atoms with Crippen LogP contribution in [-0.4, -0.2) is 61.3 Å². The molecule has 172 valence electrons. The number of nitrogens with zero attached hydrogens (tertiary/aromatic N) is 2. The van der Waals surface area contributed by atoms with Crippen molar-refractivity contribution in [3.05, 3.63) is 35.5 Å². The Morgan fingerprint density at radius 3 is 2.62 bits per heavy atom. The Balaban J connectivity index is 0.00000228. The van der Waals surface area contributed by atoms with E-state index < -0.39 is 0 Å². The Labute approximate surface area is 191 Å². The molecule has 1 atom stereocenters. The van der Waals surface area contributed by atoms with Gasteiger partial charge in [0.05, 0.1) is 19.3 Å². The van der Waals surface area contributed by atoms with Crippen LogP contribution in [0.5, 0.6) is 0 Å². The van der Waals surface area contributed by atoms with Crippen molar-refractivity contribution in [1.82, 2.24) is 9.88 Å². The lowest BCUT2D eigenvalue weighted by atomic mass is 9.85. The van der Waals surface area contributed by atoms with Crippen molar-refractivity contribution in [1.29, 1.82) is 0 Å². The van der Waals surface area contributed by atoms with Crippen molar-refractivity contribution in [2.75, 3.05) is 44.8 Å². The number of likely N-dealkylation sites (tertiary alicyclic amines) is 1. The standard InChI is InChI=1S/C26H33N3O3.H2/c1-17-10-20-14-27-24(28-25(30)23-13-26(23)4-8-31-9-5-26)12-19(20)11-22(17)18-2-6-29(7-3-18)21-15-32-16-21;/h10-12,14,18,21,23H,2-9,13,15-16H2,1H3,(H,27,28,30);1H. The highest BCUT2D eigenvalue weighted by Crippen LogP contribution is 2.59. The molecule has 0 bridgehead atoms. The van der Waals surface area contributed by atoms with Crippen LogP contribution < -0.4 is 5.32 Å². The van der Waals surface area contributed by atoms with Gasteiger partial charge in [-0.05, 0) is 92.1 Å². The maximum atomic E-state index is 12.9. The molecule has 4 fully saturated rings. The molecule has 3 aliphatic heterocycles. The maximum Gasteiger partial charge on any atom is 0.229 e. The fourth-order valence-corrected chi connectivity index (χ4v) is 6.11. The number of ether oxygens (including phenoxy) is 2. The number of hydrogen-bond acceptors (Lipinski definition) is 5. The number of anilines is 1. The Morgan fingerprint density at radius 1 is 1.12 bits per heavy atom. The number of carbonyl (C=O) groups is 1. The summed E-state index contributed by atoms with van der Waals surface area (Å²) in [5.74, 6) is 1.51. The number of fused-ring (bicyclic) bond motifs is 1. The van der Waals surface area contributed by atoms with E-state index in [-0.39, 0.29) is 18.7 Å². The lowest BCUT2D eigenvalue weighted by Crippen LogP contribution is -2.51. The zero-order valence-corrected chi connectivity index (χ0v) is 18.9. The van der Waals surface area contributed by atoms with Crippen LogP contribution in [0.1, 0.15) is 50.6 Å². The van der Waals surface area contributed by atoms with Gasteiger partial charge in [0.25, 0.3) is 0 Å². The molecule has 0 radical (unpaired) electrons. The van der Waals surface area contributed by atoms with Gasteiger partial charge in [-0.1, -0.05) is 6.07 Å². The minimum Gasteiger partial charge on any atom is -0.381 e. The average molecular weight is 438 g/mol. The van der Waals surface area contributed by atoms with Gasteiger partial charge in [-0.25, -0.2) is 4.98 Å². The summed E-state index contributed by atoms with van der Waals surface area (Å²) in [6.45, 7) is 7.90. The van der Waals surface area contributed by atoms with E-state index in [1.54, 1.807) is 0 Å². The van der Waals surface area contributed by atoms with Gasteiger partial charge in [-0.2, -0.15) is 0 Å². The Kier molecular flexibility index (Phi) is 5.20. The highest BCUT2D eigenvalue weighted by molar-refractivity contribution is 5.96. The van der Waals surface area contributed by atoms with E-state index in [4.69, 9.17) is 9.47 Å². The number of aryl methyl sites for hydroxylation is 1. The average Bonchev–Trinajstić information content (AvgIpc) is 3.46. The number of nitrogens with one attached hydrogen (secondary N) is 1. The number of hydrogen-bond donors (Lipinski definition) is 1. The van der Waals surface area contributed by atoms with Crippen LogP contribution >= 0.6 is 0 Å². The summed E-state index contributed by atoms with van der Waals surface area (Å²) < 4.78 is 10.9. The fraction of sp³-hybridized carbons (Fsp3) is 0.615. The van der Waals surface area contributed by atoms with Crippen molar-refractivity contribution < 1.29 is 15.7 Å². The molecule has 4 aliphatic rings. The number of rotatable bonds is 4. The van der Waals surface area contributed by atoms with Crippen LogP contribution in [0.25, 0.3) is 10.8 Å². The predicted molar refractivity (Wildman–Crippen MR) is 126 cm³/mol. The first-order valence-corrected chi connectivity index (χ1v) is 12.2. The van der Waals surface area contributed by atoms with E-state index in [1.165, 1.54) is 29.4 Å². The van der Waals surface area contributed by atoms with Crippen LogP contribution in [0.2, 0.25) is 0 Å². The van der Waals surface area contributed by atoms with Gasteiger partial charge >= 0.3 is 0 Å². The normalized spacial score (nSPS) is 26.2. The van der Waals surface area contributed by atoms with Gasteiger partial charge in [0.2, 0.25) is 5.91 Å². The van der Waals surface area contributed by atoms with Gasteiger partial charge in [0.15, 0.2) is 0 Å². The molecule has 2 aromatic rings. The summed E-state index contributed by atoms with van der Waals surface area (Å²) in [5.41, 5.74) is 2.99. The number of carbonyl (C=O) groups excluding carboxylic acids is 1. The van der Waals surface area contributed by atoms with Crippen molar-refractivity contribution in [2.24, 2.45) is 11.3 Å². The van der Waals surface area contributed by atoms with Gasteiger partial charge in [-0.3, -0.25) is 9.69 Å². The van der Waals surface area contributed by atoms with Gasteiger partial charge < -0.3 is 14.8 Å². The SMILES string of the molecule is Cc1cc2cnc(NC(=O)C3CC34CCOCC4)cc2cc1C1CCN(C2COC2)CC1.[HH]. The molecule has 4 heterocycles. The Bertz CT molecular complexity index is 1030. The molecule has 1 aliphatic carbocycles. The van der Waals surface area contributed by atoms with Gasteiger partial charge in [0, 0.05) is 32.1 Å². The summed E-state index contributed by atoms with van der Waals surface area (Å²) in [7, 11) is 0. The first kappa shape index (κ1) is 20.6. The Morgan fingerprint density at radius 2 is 1.91 bits per heavy atom. The second-order valence-corrected chi connectivity index (χ2v) is 10.3. The summed E-state index contributed by atoms with van der Waals surface area (Å²) in [4.78, 5) is 20.0. The maximum absolute atomic E-state index is 12.9. The fourth-order valence-electron chi connectivity index (χ4n) is 6.11. The largest absolute Gasteiger partial charge is 0.381 e. The minimum atomic E-state index is 0. The van der Waals surface area contributed by atoms with Crippen molar-refractivity contribution >= 4 is 22.5 Å². The number of piperidine rings is 1. The summed E-state index contributed by atoms with van der Waals surface area (Å²) in [6, 6.07) is 7.28. The summed E-state index contributed by atoms with van der Waals surface area (Å²) in [6.07, 6.45) is 7.30. The van der Waals surface area contributed by atoms with Crippen molar-refractivity contribution in [2.45, 2.75) is 51.0 Å². The zero-order chi connectivity index (χ0) is 21.7. The van der Waals surface area contributed by atoms with Crippen LogP contribution in [0.4, 0.5) is 5.82 Å². The van der Waals surface area contributed by atoms with Crippen molar-refractivity contribution in [3.8, 4) is 0 Å². The number of amides is 1. The van der Waals surface area contributed by atoms with Gasteiger partial charge in [0.1, 0.15) is 5.82 Å². The van der Waals surface area contributed by atoms with Crippen LogP contribution in [0, 0.1) is 18.3 Å². The van der Waals surface area contributed by atoms with Crippen molar-refractivity contribution in [3.63, 3.8) is 0 Å². The molecule has 1 unspecified atom stereocenters. The molecule has 1 saturated carbocycles. The first-order valence-electron chi connectivity index (χ1n) is 12.2. The molecule has 1 spiro atoms. The van der Waals surface area contributed by atoms with Crippen LogP contribution in [-0.2, 0) is 14.3 Å². The molecule has 3 saturated heterocycles.